The Bertz CT molecular complexity index is 1080. The van der Waals surface area contributed by atoms with E-state index in [9.17, 15) is 9.59 Å². The minimum Gasteiger partial charge on any atom is -0.494 e. The molecule has 1 amide bonds. The first kappa shape index (κ1) is 23.2. The van der Waals surface area contributed by atoms with Crippen LogP contribution in [0.5, 0.6) is 11.5 Å². The zero-order valence-corrected chi connectivity index (χ0v) is 19.2. The largest absolute Gasteiger partial charge is 0.494 e. The van der Waals surface area contributed by atoms with Crippen molar-refractivity contribution in [1.29, 1.82) is 0 Å². The van der Waals surface area contributed by atoms with Gasteiger partial charge in [-0.25, -0.2) is 10.2 Å². The molecule has 0 aliphatic rings. The molecule has 32 heavy (non-hydrogen) atoms. The lowest BCUT2D eigenvalue weighted by Gasteiger charge is -2.08. The molecule has 0 aliphatic carbocycles. The van der Waals surface area contributed by atoms with Gasteiger partial charge in [-0.1, -0.05) is 47.5 Å². The fraction of sp³-hybridized carbons (Fsp3) is 0.160. The van der Waals surface area contributed by atoms with Crippen molar-refractivity contribution in [1.82, 2.24) is 5.43 Å². The first-order chi connectivity index (χ1) is 15.6. The maximum atomic E-state index is 12.4. The van der Waals surface area contributed by atoms with Gasteiger partial charge in [-0.2, -0.15) is 5.10 Å². The molecule has 0 spiro atoms. The topological polar surface area (TPSA) is 77.0 Å². The van der Waals surface area contributed by atoms with Crippen molar-refractivity contribution in [3.05, 3.63) is 94.0 Å². The van der Waals surface area contributed by atoms with Crippen LogP contribution in [0.4, 0.5) is 0 Å². The Balaban J connectivity index is 1.64. The van der Waals surface area contributed by atoms with Gasteiger partial charge in [-0.15, -0.1) is 0 Å². The van der Waals surface area contributed by atoms with Crippen LogP contribution in [0.15, 0.2) is 82.4 Å². The summed E-state index contributed by atoms with van der Waals surface area (Å²) < 4.78 is 11.9. The summed E-state index contributed by atoms with van der Waals surface area (Å²) >= 11 is 3.39. The van der Waals surface area contributed by atoms with Gasteiger partial charge in [-0.3, -0.25) is 4.79 Å². The van der Waals surface area contributed by atoms with Gasteiger partial charge in [-0.05, 0) is 61.0 Å². The van der Waals surface area contributed by atoms with Crippen LogP contribution in [0, 0.1) is 0 Å². The van der Waals surface area contributed by atoms with Gasteiger partial charge in [0.2, 0.25) is 0 Å². The number of amides is 1. The monoisotopic (exact) mass is 494 g/mol. The fourth-order valence-electron chi connectivity index (χ4n) is 2.71. The average Bonchev–Trinajstić information content (AvgIpc) is 2.82. The zero-order chi connectivity index (χ0) is 22.8. The van der Waals surface area contributed by atoms with Crippen molar-refractivity contribution in [2.24, 2.45) is 5.10 Å². The van der Waals surface area contributed by atoms with Crippen LogP contribution in [0.25, 0.3) is 0 Å². The lowest BCUT2D eigenvalue weighted by Crippen LogP contribution is -2.17. The highest BCUT2D eigenvalue weighted by molar-refractivity contribution is 9.10. The third-order valence-corrected chi connectivity index (χ3v) is 4.93. The molecule has 164 valence electrons. The predicted octanol–water partition coefficient (Wildman–Crippen LogP) is 5.61. The first-order valence-corrected chi connectivity index (χ1v) is 11.0. The van der Waals surface area contributed by atoms with Crippen molar-refractivity contribution in [2.75, 3.05) is 6.61 Å². The van der Waals surface area contributed by atoms with E-state index >= 15 is 0 Å². The van der Waals surface area contributed by atoms with Crippen LogP contribution in [-0.4, -0.2) is 24.7 Å². The van der Waals surface area contributed by atoms with Gasteiger partial charge in [0.25, 0.3) is 5.91 Å². The standard InChI is InChI=1S/C25H23BrN2O4/c1-2-3-15-31-22-12-9-18(10-13-22)24(29)28-27-17-20-16-21(26)11-14-23(20)32-25(30)19-7-5-4-6-8-19/h4-14,16-17H,2-3,15H2,1H3,(H,28,29). The maximum Gasteiger partial charge on any atom is 0.343 e. The number of hydrogen-bond donors (Lipinski definition) is 1. The molecule has 0 saturated carbocycles. The third kappa shape index (κ3) is 6.78. The van der Waals surface area contributed by atoms with Crippen molar-refractivity contribution in [3.63, 3.8) is 0 Å². The van der Waals surface area contributed by atoms with E-state index in [1.54, 1.807) is 66.7 Å². The SMILES string of the molecule is CCCCOc1ccc(C(=O)NN=Cc2cc(Br)ccc2OC(=O)c2ccccc2)cc1. The predicted molar refractivity (Wildman–Crippen MR) is 127 cm³/mol. The van der Waals surface area contributed by atoms with Crippen LogP contribution < -0.4 is 14.9 Å². The number of hydrogen-bond acceptors (Lipinski definition) is 5. The summed E-state index contributed by atoms with van der Waals surface area (Å²) in [7, 11) is 0. The molecule has 0 fully saturated rings. The molecule has 0 aliphatic heterocycles. The molecule has 6 nitrogen and oxygen atoms in total. The summed E-state index contributed by atoms with van der Waals surface area (Å²) in [6, 6.07) is 20.7. The van der Waals surface area contributed by atoms with Gasteiger partial charge in [0.05, 0.1) is 18.4 Å². The zero-order valence-electron chi connectivity index (χ0n) is 17.6. The highest BCUT2D eigenvalue weighted by Gasteiger charge is 2.11. The lowest BCUT2D eigenvalue weighted by molar-refractivity contribution is 0.0734. The molecule has 0 unspecified atom stereocenters. The summed E-state index contributed by atoms with van der Waals surface area (Å²) in [4.78, 5) is 24.7. The molecule has 0 aromatic heterocycles. The molecular weight excluding hydrogens is 472 g/mol. The molecule has 3 rings (SSSR count). The quantitative estimate of drug-likeness (QED) is 0.138. The summed E-state index contributed by atoms with van der Waals surface area (Å²) in [5.74, 6) is 0.207. The van der Waals surface area contributed by atoms with Crippen molar-refractivity contribution in [2.45, 2.75) is 19.8 Å². The second-order valence-electron chi connectivity index (χ2n) is 6.86. The Kier molecular flexibility index (Phi) is 8.57. The van der Waals surface area contributed by atoms with Gasteiger partial charge >= 0.3 is 5.97 Å². The Morgan fingerprint density at radius 1 is 1.00 bits per heavy atom. The Labute approximate surface area is 195 Å². The Morgan fingerprint density at radius 3 is 2.47 bits per heavy atom. The average molecular weight is 495 g/mol. The van der Waals surface area contributed by atoms with Crippen LogP contribution in [0.3, 0.4) is 0 Å². The molecule has 0 atom stereocenters. The second kappa shape index (κ2) is 11.8. The number of nitrogens with one attached hydrogen (secondary N) is 1. The number of nitrogens with zero attached hydrogens (tertiary/aromatic N) is 1. The van der Waals surface area contributed by atoms with Gasteiger partial charge in [0.1, 0.15) is 11.5 Å². The Hall–Kier alpha value is -3.45. The molecule has 3 aromatic rings. The normalized spacial score (nSPS) is 10.7. The molecule has 7 heteroatoms. The lowest BCUT2D eigenvalue weighted by atomic mass is 10.2. The molecule has 1 N–H and O–H groups in total. The number of ether oxygens (including phenoxy) is 2. The van der Waals surface area contributed by atoms with E-state index in [2.05, 4.69) is 33.4 Å². The number of carbonyl (C=O) groups is 2. The van der Waals surface area contributed by atoms with Crippen LogP contribution in [0.2, 0.25) is 0 Å². The Morgan fingerprint density at radius 2 is 1.75 bits per heavy atom. The van der Waals surface area contributed by atoms with E-state index < -0.39 is 5.97 Å². The van der Waals surface area contributed by atoms with E-state index in [1.807, 2.05) is 6.07 Å². The number of carbonyl (C=O) groups excluding carboxylic acids is 2. The van der Waals surface area contributed by atoms with Crippen LogP contribution in [-0.2, 0) is 0 Å². The molecule has 0 heterocycles. The third-order valence-electron chi connectivity index (χ3n) is 4.44. The minimum absolute atomic E-state index is 0.327. The molecule has 0 bridgehead atoms. The van der Waals surface area contributed by atoms with Crippen molar-refractivity contribution < 1.29 is 19.1 Å². The van der Waals surface area contributed by atoms with Crippen molar-refractivity contribution >= 4 is 34.0 Å². The smallest absolute Gasteiger partial charge is 0.343 e. The molecular formula is C25H23BrN2O4. The van der Waals surface area contributed by atoms with Gasteiger partial charge in [0.15, 0.2) is 0 Å². The van der Waals surface area contributed by atoms with Gasteiger partial charge < -0.3 is 9.47 Å². The maximum absolute atomic E-state index is 12.4. The number of hydrazone groups is 1. The summed E-state index contributed by atoms with van der Waals surface area (Å²) in [6.45, 7) is 2.75. The van der Waals surface area contributed by atoms with Crippen LogP contribution >= 0.6 is 15.9 Å². The van der Waals surface area contributed by atoms with Crippen molar-refractivity contribution in [3.8, 4) is 11.5 Å². The second-order valence-corrected chi connectivity index (χ2v) is 7.78. The van der Waals surface area contributed by atoms with E-state index in [1.165, 1.54) is 6.21 Å². The van der Waals surface area contributed by atoms with E-state index in [-0.39, 0.29) is 5.91 Å². The first-order valence-electron chi connectivity index (χ1n) is 10.2. The highest BCUT2D eigenvalue weighted by Crippen LogP contribution is 2.23. The highest BCUT2D eigenvalue weighted by atomic mass is 79.9. The summed E-state index contributed by atoms with van der Waals surface area (Å²) in [5, 5.41) is 4.01. The number of halogens is 1. The summed E-state index contributed by atoms with van der Waals surface area (Å²) in [5.41, 5.74) is 3.91. The van der Waals surface area contributed by atoms with Gasteiger partial charge in [0, 0.05) is 15.6 Å². The number of benzene rings is 3. The minimum atomic E-state index is -0.479. The van der Waals surface area contributed by atoms with E-state index in [0.717, 1.165) is 23.1 Å². The van der Waals surface area contributed by atoms with E-state index in [4.69, 9.17) is 9.47 Å². The summed E-state index contributed by atoms with van der Waals surface area (Å²) in [6.07, 6.45) is 3.47. The van der Waals surface area contributed by atoms with Crippen LogP contribution in [0.1, 0.15) is 46.0 Å². The number of unbranched alkanes of at least 4 members (excludes halogenated alkanes) is 1. The van der Waals surface area contributed by atoms with E-state index in [0.29, 0.717) is 29.0 Å². The molecule has 0 saturated heterocycles. The molecule has 3 aromatic carbocycles. The fourth-order valence-corrected chi connectivity index (χ4v) is 3.09. The number of esters is 1. The molecule has 0 radical (unpaired) electrons. The number of rotatable bonds is 9.